The predicted octanol–water partition coefficient (Wildman–Crippen LogP) is 10.1. The first-order chi connectivity index (χ1) is 15.8. The molecule has 1 unspecified atom stereocenters. The molecule has 2 heteroatoms. The van der Waals surface area contributed by atoms with Crippen molar-refractivity contribution in [1.29, 1.82) is 0 Å². The smallest absolute Gasteiger partial charge is 0.104 e. The summed E-state index contributed by atoms with van der Waals surface area (Å²) in [6, 6.07) is 0. The van der Waals surface area contributed by atoms with Crippen LogP contribution in [0.25, 0.3) is 0 Å². The molecule has 0 aliphatic heterocycles. The van der Waals surface area contributed by atoms with Crippen molar-refractivity contribution < 1.29 is 5.11 Å². The molecule has 0 fully saturated rings. The standard InChI is InChI=1S/C30H63NO/c1-3-5-7-9-11-13-15-17-18-20-22-24-26-28-30(32)31-29-27-25-23-21-19-16-14-12-10-8-6-4-2/h30-32H,3-29H2,1-2H3. The fourth-order valence-electron chi connectivity index (χ4n) is 4.69. The minimum absolute atomic E-state index is 0.282. The number of nitrogens with one attached hydrogen (secondary N) is 1. The molecule has 0 radical (unpaired) electrons. The number of hydrogen-bond donors (Lipinski definition) is 2. The lowest BCUT2D eigenvalue weighted by Crippen LogP contribution is -2.29. The van der Waals surface area contributed by atoms with E-state index in [2.05, 4.69) is 19.2 Å². The highest BCUT2D eigenvalue weighted by molar-refractivity contribution is 4.56. The van der Waals surface area contributed by atoms with Gasteiger partial charge in [-0.25, -0.2) is 0 Å². The van der Waals surface area contributed by atoms with Gasteiger partial charge in [0, 0.05) is 0 Å². The second-order valence-electron chi connectivity index (χ2n) is 10.4. The third-order valence-corrected chi connectivity index (χ3v) is 6.99. The number of rotatable bonds is 28. The van der Waals surface area contributed by atoms with Crippen LogP contribution in [0.5, 0.6) is 0 Å². The van der Waals surface area contributed by atoms with E-state index in [0.29, 0.717) is 0 Å². The van der Waals surface area contributed by atoms with Gasteiger partial charge in [-0.05, 0) is 25.8 Å². The summed E-state index contributed by atoms with van der Waals surface area (Å²) in [7, 11) is 0. The van der Waals surface area contributed by atoms with E-state index in [4.69, 9.17) is 0 Å². The fraction of sp³-hybridized carbons (Fsp3) is 1.00. The molecule has 194 valence electrons. The van der Waals surface area contributed by atoms with E-state index in [1.807, 2.05) is 0 Å². The Morgan fingerprint density at radius 1 is 0.406 bits per heavy atom. The van der Waals surface area contributed by atoms with Crippen LogP contribution in [0.1, 0.15) is 181 Å². The second kappa shape index (κ2) is 29.0. The van der Waals surface area contributed by atoms with Crippen molar-refractivity contribution in [2.24, 2.45) is 0 Å². The van der Waals surface area contributed by atoms with Crippen molar-refractivity contribution in [2.45, 2.75) is 187 Å². The zero-order chi connectivity index (χ0) is 23.4. The number of aliphatic hydroxyl groups excluding tert-OH is 1. The van der Waals surface area contributed by atoms with Crippen LogP contribution in [0.15, 0.2) is 0 Å². The van der Waals surface area contributed by atoms with Gasteiger partial charge in [0.05, 0.1) is 0 Å². The third kappa shape index (κ3) is 28.0. The van der Waals surface area contributed by atoms with E-state index in [9.17, 15) is 5.11 Å². The van der Waals surface area contributed by atoms with Gasteiger partial charge < -0.3 is 5.11 Å². The Bertz CT molecular complexity index is 290. The maximum absolute atomic E-state index is 10.1. The molecule has 1 atom stereocenters. The number of hydrogen-bond acceptors (Lipinski definition) is 2. The van der Waals surface area contributed by atoms with Crippen LogP contribution in [0.2, 0.25) is 0 Å². The Morgan fingerprint density at radius 3 is 1.03 bits per heavy atom. The van der Waals surface area contributed by atoms with E-state index in [1.165, 1.54) is 161 Å². The predicted molar refractivity (Wildman–Crippen MR) is 145 cm³/mol. The molecule has 0 heterocycles. The summed E-state index contributed by atoms with van der Waals surface area (Å²) >= 11 is 0. The summed E-state index contributed by atoms with van der Waals surface area (Å²) in [6.07, 6.45) is 35.4. The molecule has 32 heavy (non-hydrogen) atoms. The van der Waals surface area contributed by atoms with Crippen LogP contribution in [-0.2, 0) is 0 Å². The van der Waals surface area contributed by atoms with Gasteiger partial charge in [0.25, 0.3) is 0 Å². The Morgan fingerprint density at radius 2 is 0.688 bits per heavy atom. The summed E-state index contributed by atoms with van der Waals surface area (Å²) in [6.45, 7) is 5.56. The molecule has 0 spiro atoms. The normalized spacial score (nSPS) is 12.5. The fourth-order valence-corrected chi connectivity index (χ4v) is 4.69. The molecule has 0 aromatic rings. The minimum Gasteiger partial charge on any atom is -0.379 e. The molecule has 0 amide bonds. The highest BCUT2D eigenvalue weighted by atomic mass is 16.3. The van der Waals surface area contributed by atoms with Crippen LogP contribution in [0.4, 0.5) is 0 Å². The van der Waals surface area contributed by atoms with Crippen LogP contribution in [-0.4, -0.2) is 17.9 Å². The van der Waals surface area contributed by atoms with Gasteiger partial charge in [-0.1, -0.05) is 162 Å². The first-order valence-electron chi connectivity index (χ1n) is 15.2. The van der Waals surface area contributed by atoms with Gasteiger partial charge in [0.2, 0.25) is 0 Å². The summed E-state index contributed by atoms with van der Waals surface area (Å²) in [5.41, 5.74) is 0. The minimum atomic E-state index is -0.282. The van der Waals surface area contributed by atoms with Crippen LogP contribution in [0, 0.1) is 0 Å². The maximum Gasteiger partial charge on any atom is 0.104 e. The average Bonchev–Trinajstić information content (AvgIpc) is 2.80. The van der Waals surface area contributed by atoms with Crippen LogP contribution < -0.4 is 5.32 Å². The Balaban J connectivity index is 3.13. The van der Waals surface area contributed by atoms with Crippen molar-refractivity contribution in [3.05, 3.63) is 0 Å². The molecule has 0 bridgehead atoms. The Hall–Kier alpha value is -0.0800. The van der Waals surface area contributed by atoms with E-state index >= 15 is 0 Å². The van der Waals surface area contributed by atoms with Crippen molar-refractivity contribution >= 4 is 0 Å². The molecular formula is C30H63NO. The lowest BCUT2D eigenvalue weighted by Gasteiger charge is -2.12. The topological polar surface area (TPSA) is 32.3 Å². The summed E-state index contributed by atoms with van der Waals surface area (Å²) in [5, 5.41) is 13.4. The first kappa shape index (κ1) is 31.9. The molecule has 0 aromatic heterocycles. The lowest BCUT2D eigenvalue weighted by molar-refractivity contribution is 0.124. The van der Waals surface area contributed by atoms with Crippen molar-refractivity contribution in [3.63, 3.8) is 0 Å². The highest BCUT2D eigenvalue weighted by Crippen LogP contribution is 2.14. The molecule has 2 N–H and O–H groups in total. The molecule has 2 nitrogen and oxygen atoms in total. The maximum atomic E-state index is 10.1. The molecule has 0 saturated heterocycles. The van der Waals surface area contributed by atoms with E-state index < -0.39 is 0 Å². The first-order valence-corrected chi connectivity index (χ1v) is 15.2. The van der Waals surface area contributed by atoms with E-state index in [1.54, 1.807) is 0 Å². The second-order valence-corrected chi connectivity index (χ2v) is 10.4. The quantitative estimate of drug-likeness (QED) is 0.0912. The summed E-state index contributed by atoms with van der Waals surface area (Å²) in [4.78, 5) is 0. The van der Waals surface area contributed by atoms with Crippen molar-refractivity contribution in [3.8, 4) is 0 Å². The zero-order valence-electron chi connectivity index (χ0n) is 22.6. The van der Waals surface area contributed by atoms with Crippen LogP contribution >= 0.6 is 0 Å². The lowest BCUT2D eigenvalue weighted by atomic mass is 10.0. The van der Waals surface area contributed by atoms with E-state index in [0.717, 1.165) is 13.0 Å². The average molecular weight is 454 g/mol. The van der Waals surface area contributed by atoms with Gasteiger partial charge >= 0.3 is 0 Å². The zero-order valence-corrected chi connectivity index (χ0v) is 22.6. The summed E-state index contributed by atoms with van der Waals surface area (Å²) < 4.78 is 0. The molecule has 0 aliphatic carbocycles. The SMILES string of the molecule is CCCCCCCCCCCCCCCC(O)NCCCCCCCCCCCCCC. The highest BCUT2D eigenvalue weighted by Gasteiger charge is 2.02. The molecule has 0 aromatic carbocycles. The van der Waals surface area contributed by atoms with E-state index in [-0.39, 0.29) is 6.23 Å². The Labute approximate surface area is 204 Å². The van der Waals surface area contributed by atoms with Crippen LogP contribution in [0.3, 0.4) is 0 Å². The Kier molecular flexibility index (Phi) is 28.9. The molecule has 0 rings (SSSR count). The largest absolute Gasteiger partial charge is 0.379 e. The number of aliphatic hydroxyl groups is 1. The van der Waals surface area contributed by atoms with Gasteiger partial charge in [0.1, 0.15) is 6.23 Å². The molecule has 0 saturated carbocycles. The van der Waals surface area contributed by atoms with Gasteiger partial charge in [-0.15, -0.1) is 0 Å². The molecular weight excluding hydrogens is 390 g/mol. The van der Waals surface area contributed by atoms with Gasteiger partial charge in [-0.3, -0.25) is 5.32 Å². The van der Waals surface area contributed by atoms with Gasteiger partial charge in [0.15, 0.2) is 0 Å². The monoisotopic (exact) mass is 453 g/mol. The third-order valence-electron chi connectivity index (χ3n) is 6.99. The van der Waals surface area contributed by atoms with Crippen molar-refractivity contribution in [1.82, 2.24) is 5.32 Å². The van der Waals surface area contributed by atoms with Gasteiger partial charge in [-0.2, -0.15) is 0 Å². The summed E-state index contributed by atoms with van der Waals surface area (Å²) in [5.74, 6) is 0. The molecule has 0 aliphatic rings. The van der Waals surface area contributed by atoms with Crippen molar-refractivity contribution in [2.75, 3.05) is 6.54 Å². The number of unbranched alkanes of at least 4 members (excludes halogenated alkanes) is 23.